The van der Waals surface area contributed by atoms with Crippen molar-refractivity contribution in [3.8, 4) is 0 Å². The number of furan rings is 1. The Morgan fingerprint density at radius 3 is 2.89 bits per heavy atom. The van der Waals surface area contributed by atoms with Crippen LogP contribution in [0.3, 0.4) is 0 Å². The molecule has 1 atom stereocenters. The van der Waals surface area contributed by atoms with Crippen LogP contribution in [0.15, 0.2) is 45.0 Å². The summed E-state index contributed by atoms with van der Waals surface area (Å²) < 4.78 is 38.9. The molecule has 4 rings (SSSR count). The number of fused-ring (bicyclic) bond motifs is 1. The minimum Gasteiger partial charge on any atom is -0.460 e. The highest BCUT2D eigenvalue weighted by Crippen LogP contribution is 2.39. The first kappa shape index (κ1) is 19.2. The number of ether oxygens (including phenoxy) is 1. The van der Waals surface area contributed by atoms with Gasteiger partial charge in [0.1, 0.15) is 5.58 Å². The van der Waals surface area contributed by atoms with Crippen molar-refractivity contribution in [2.24, 2.45) is 0 Å². The summed E-state index contributed by atoms with van der Waals surface area (Å²) in [6.45, 7) is 4.20. The topological polar surface area (TPSA) is 76.8 Å². The molecule has 0 aliphatic carbocycles. The van der Waals surface area contributed by atoms with Crippen molar-refractivity contribution in [2.75, 3.05) is 13.2 Å². The van der Waals surface area contributed by atoms with E-state index in [1.54, 1.807) is 47.7 Å². The van der Waals surface area contributed by atoms with Crippen LogP contribution in [0.4, 0.5) is 0 Å². The summed E-state index contributed by atoms with van der Waals surface area (Å²) in [5, 5.41) is 2.58. The standard InChI is InChI=1S/C20H21NO5S2/c1-3-25-20(22)19-13(2)15-12-14(8-9-17(15)26-19)28(23,24)21-10-4-6-16(21)18-7-5-11-27-18/h5,7-9,11-12,16H,3-4,6,10H2,1-2H3. The summed E-state index contributed by atoms with van der Waals surface area (Å²) in [5.41, 5.74) is 1.05. The number of nitrogens with zero attached hydrogens (tertiary/aromatic N) is 1. The Kier molecular flexibility index (Phi) is 5.03. The summed E-state index contributed by atoms with van der Waals surface area (Å²) in [5.74, 6) is -0.429. The van der Waals surface area contributed by atoms with Gasteiger partial charge in [0, 0.05) is 22.4 Å². The highest BCUT2D eigenvalue weighted by Gasteiger charge is 2.37. The second kappa shape index (κ2) is 7.35. The van der Waals surface area contributed by atoms with Crippen molar-refractivity contribution in [3.63, 3.8) is 0 Å². The first-order valence-corrected chi connectivity index (χ1v) is 11.5. The Morgan fingerprint density at radius 2 is 2.18 bits per heavy atom. The first-order valence-electron chi connectivity index (χ1n) is 9.19. The maximum Gasteiger partial charge on any atom is 0.374 e. The number of aryl methyl sites for hydroxylation is 1. The molecular weight excluding hydrogens is 398 g/mol. The van der Waals surface area contributed by atoms with E-state index in [1.165, 1.54) is 0 Å². The van der Waals surface area contributed by atoms with Crippen LogP contribution < -0.4 is 0 Å². The van der Waals surface area contributed by atoms with Gasteiger partial charge < -0.3 is 9.15 Å². The lowest BCUT2D eigenvalue weighted by molar-refractivity contribution is 0.0491. The molecule has 0 amide bonds. The number of carbonyl (C=O) groups excluding carboxylic acids is 1. The Bertz CT molecular complexity index is 1120. The fraction of sp³-hybridized carbons (Fsp3) is 0.350. The maximum absolute atomic E-state index is 13.3. The molecule has 0 N–H and O–H groups in total. The van der Waals surface area contributed by atoms with Crippen LogP contribution in [0, 0.1) is 6.92 Å². The zero-order valence-electron chi connectivity index (χ0n) is 15.7. The molecule has 1 unspecified atom stereocenters. The van der Waals surface area contributed by atoms with Crippen LogP contribution in [-0.4, -0.2) is 31.8 Å². The van der Waals surface area contributed by atoms with E-state index in [-0.39, 0.29) is 23.3 Å². The molecule has 1 aliphatic rings. The van der Waals surface area contributed by atoms with Gasteiger partial charge >= 0.3 is 5.97 Å². The molecule has 6 nitrogen and oxygen atoms in total. The minimum absolute atomic E-state index is 0.115. The number of carbonyl (C=O) groups is 1. The van der Waals surface area contributed by atoms with E-state index in [9.17, 15) is 13.2 Å². The molecule has 2 aromatic heterocycles. The molecule has 3 heterocycles. The maximum atomic E-state index is 13.3. The monoisotopic (exact) mass is 419 g/mol. The largest absolute Gasteiger partial charge is 0.460 e. The van der Waals surface area contributed by atoms with Gasteiger partial charge in [-0.25, -0.2) is 13.2 Å². The van der Waals surface area contributed by atoms with E-state index >= 15 is 0 Å². The summed E-state index contributed by atoms with van der Waals surface area (Å²) in [6.07, 6.45) is 1.65. The molecule has 0 spiro atoms. The van der Waals surface area contributed by atoms with Crippen molar-refractivity contribution in [2.45, 2.75) is 37.6 Å². The van der Waals surface area contributed by atoms with Gasteiger partial charge in [0.05, 0.1) is 17.5 Å². The van der Waals surface area contributed by atoms with Crippen LogP contribution in [0.1, 0.15) is 46.8 Å². The number of benzene rings is 1. The highest BCUT2D eigenvalue weighted by molar-refractivity contribution is 7.89. The lowest BCUT2D eigenvalue weighted by Gasteiger charge is -2.23. The Balaban J connectivity index is 1.74. The molecule has 0 radical (unpaired) electrons. The van der Waals surface area contributed by atoms with Gasteiger partial charge in [0.2, 0.25) is 15.8 Å². The molecule has 1 saturated heterocycles. The normalized spacial score (nSPS) is 18.0. The van der Waals surface area contributed by atoms with Gasteiger partial charge in [0.15, 0.2) is 0 Å². The molecular formula is C20H21NO5S2. The minimum atomic E-state index is -3.66. The summed E-state index contributed by atoms with van der Waals surface area (Å²) in [7, 11) is -3.66. The Labute approximate surface area is 167 Å². The average molecular weight is 420 g/mol. The van der Waals surface area contributed by atoms with Gasteiger partial charge in [-0.15, -0.1) is 11.3 Å². The van der Waals surface area contributed by atoms with Crippen molar-refractivity contribution < 1.29 is 22.4 Å². The second-order valence-electron chi connectivity index (χ2n) is 6.72. The predicted molar refractivity (Wildman–Crippen MR) is 107 cm³/mol. The third-order valence-electron chi connectivity index (χ3n) is 5.05. The molecule has 3 aromatic rings. The van der Waals surface area contributed by atoms with E-state index in [2.05, 4.69) is 0 Å². The van der Waals surface area contributed by atoms with Crippen LogP contribution in [-0.2, 0) is 14.8 Å². The lowest BCUT2D eigenvalue weighted by Crippen LogP contribution is -2.30. The Hall–Kier alpha value is -2.16. The molecule has 0 saturated carbocycles. The zero-order valence-corrected chi connectivity index (χ0v) is 17.3. The van der Waals surface area contributed by atoms with E-state index in [0.717, 1.165) is 17.7 Å². The van der Waals surface area contributed by atoms with E-state index in [1.807, 2.05) is 17.5 Å². The van der Waals surface area contributed by atoms with Gasteiger partial charge in [-0.2, -0.15) is 4.31 Å². The summed E-state index contributed by atoms with van der Waals surface area (Å²) in [6, 6.07) is 8.55. The van der Waals surface area contributed by atoms with Crippen LogP contribution in [0.25, 0.3) is 11.0 Å². The number of thiophene rings is 1. The fourth-order valence-electron chi connectivity index (χ4n) is 3.68. The molecule has 148 valence electrons. The second-order valence-corrected chi connectivity index (χ2v) is 9.59. The van der Waals surface area contributed by atoms with Crippen LogP contribution in [0.2, 0.25) is 0 Å². The lowest BCUT2D eigenvalue weighted by atomic mass is 10.1. The fourth-order valence-corrected chi connectivity index (χ4v) is 6.32. The van der Waals surface area contributed by atoms with E-state index in [4.69, 9.17) is 9.15 Å². The first-order chi connectivity index (χ1) is 13.4. The number of esters is 1. The van der Waals surface area contributed by atoms with Crippen LogP contribution >= 0.6 is 11.3 Å². The van der Waals surface area contributed by atoms with E-state index < -0.39 is 16.0 Å². The SMILES string of the molecule is CCOC(=O)c1oc2ccc(S(=O)(=O)N3CCCC3c3cccs3)cc2c1C. The molecule has 28 heavy (non-hydrogen) atoms. The van der Waals surface area contributed by atoms with Crippen molar-refractivity contribution in [1.29, 1.82) is 0 Å². The van der Waals surface area contributed by atoms with Crippen LogP contribution in [0.5, 0.6) is 0 Å². The Morgan fingerprint density at radius 1 is 1.36 bits per heavy atom. The third-order valence-corrected chi connectivity index (χ3v) is 7.93. The van der Waals surface area contributed by atoms with E-state index in [0.29, 0.717) is 23.1 Å². The number of hydrogen-bond donors (Lipinski definition) is 0. The molecule has 1 aromatic carbocycles. The number of hydrogen-bond acceptors (Lipinski definition) is 6. The van der Waals surface area contributed by atoms with Gasteiger partial charge in [-0.05, 0) is 56.3 Å². The van der Waals surface area contributed by atoms with Crippen molar-refractivity contribution >= 4 is 38.3 Å². The molecule has 0 bridgehead atoms. The van der Waals surface area contributed by atoms with Gasteiger partial charge in [-0.1, -0.05) is 6.07 Å². The highest BCUT2D eigenvalue weighted by atomic mass is 32.2. The predicted octanol–water partition coefficient (Wildman–Crippen LogP) is 4.51. The van der Waals surface area contributed by atoms with Gasteiger partial charge in [0.25, 0.3) is 0 Å². The zero-order chi connectivity index (χ0) is 19.9. The number of sulfonamides is 1. The number of rotatable bonds is 5. The van der Waals surface area contributed by atoms with Crippen molar-refractivity contribution in [3.05, 3.63) is 51.9 Å². The molecule has 1 fully saturated rings. The van der Waals surface area contributed by atoms with Gasteiger partial charge in [-0.3, -0.25) is 0 Å². The quantitative estimate of drug-likeness (QED) is 0.569. The summed E-state index contributed by atoms with van der Waals surface area (Å²) in [4.78, 5) is 13.3. The smallest absolute Gasteiger partial charge is 0.374 e. The summed E-state index contributed by atoms with van der Waals surface area (Å²) >= 11 is 1.58. The average Bonchev–Trinajstić information content (AvgIpc) is 3.41. The molecule has 8 heteroatoms. The molecule has 1 aliphatic heterocycles. The van der Waals surface area contributed by atoms with Crippen molar-refractivity contribution in [1.82, 2.24) is 4.31 Å². The third kappa shape index (κ3) is 3.15.